The quantitative estimate of drug-likeness (QED) is 0.463. The largest absolute Gasteiger partial charge is 0.469 e. The summed E-state index contributed by atoms with van der Waals surface area (Å²) in [4.78, 5) is 30.1. The molecule has 2 aromatic rings. The number of esters is 2. The first kappa shape index (κ1) is 23.3. The Kier molecular flexibility index (Phi) is 8.34. The van der Waals surface area contributed by atoms with Gasteiger partial charge in [0.05, 0.1) is 18.7 Å². The molecule has 0 radical (unpaired) electrons. The zero-order valence-corrected chi connectivity index (χ0v) is 18.4. The van der Waals surface area contributed by atoms with Crippen LogP contribution in [0.5, 0.6) is 0 Å². The maximum Gasteiger partial charge on any atom is 0.331 e. The van der Waals surface area contributed by atoms with Crippen LogP contribution >= 0.6 is 0 Å². The zero-order chi connectivity index (χ0) is 22.1. The Balaban J connectivity index is 2.53. The van der Waals surface area contributed by atoms with Gasteiger partial charge in [0.15, 0.2) is 0 Å². The molecule has 0 aromatic heterocycles. The molecule has 0 bridgehead atoms. The number of methoxy groups -OCH3 is 1. The fourth-order valence-corrected chi connectivity index (χ4v) is 3.10. The molecule has 2 rings (SSSR count). The summed E-state index contributed by atoms with van der Waals surface area (Å²) >= 11 is 0. The second-order valence-electron chi connectivity index (χ2n) is 8.12. The molecular formula is C25H31NO4. The monoisotopic (exact) mass is 409 g/mol. The van der Waals surface area contributed by atoms with Crippen LogP contribution in [0.25, 0.3) is 0 Å². The topological polar surface area (TPSA) is 65.0 Å². The lowest BCUT2D eigenvalue weighted by Crippen LogP contribution is -2.34. The molecule has 2 atom stereocenters. The third-order valence-electron chi connectivity index (χ3n) is 4.59. The van der Waals surface area contributed by atoms with E-state index < -0.39 is 23.5 Å². The van der Waals surface area contributed by atoms with Gasteiger partial charge in [-0.3, -0.25) is 9.79 Å². The SMILES string of the molecule is CC[C@H](C[C@@H](N=C(c1ccccc1)c1ccccc1)C(=O)OC(C)(C)C)C(=O)OC. The van der Waals surface area contributed by atoms with Gasteiger partial charge in [-0.25, -0.2) is 4.79 Å². The number of carbonyl (C=O) groups excluding carboxylic acids is 2. The van der Waals surface area contributed by atoms with Crippen LogP contribution in [0.2, 0.25) is 0 Å². The first-order valence-corrected chi connectivity index (χ1v) is 10.2. The first-order chi connectivity index (χ1) is 14.2. The van der Waals surface area contributed by atoms with Gasteiger partial charge in [0.1, 0.15) is 11.6 Å². The van der Waals surface area contributed by atoms with Crippen molar-refractivity contribution in [3.63, 3.8) is 0 Å². The second kappa shape index (κ2) is 10.7. The highest BCUT2D eigenvalue weighted by Crippen LogP contribution is 2.21. The van der Waals surface area contributed by atoms with Crippen molar-refractivity contribution in [3.05, 3.63) is 71.8 Å². The molecule has 30 heavy (non-hydrogen) atoms. The average Bonchev–Trinajstić information content (AvgIpc) is 2.73. The molecule has 2 aromatic carbocycles. The minimum absolute atomic E-state index is 0.223. The molecule has 0 unspecified atom stereocenters. The maximum absolute atomic E-state index is 13.0. The number of carbonyl (C=O) groups is 2. The summed E-state index contributed by atoms with van der Waals surface area (Å²) in [6, 6.07) is 18.6. The first-order valence-electron chi connectivity index (χ1n) is 10.2. The Morgan fingerprint density at radius 2 is 1.40 bits per heavy atom. The summed E-state index contributed by atoms with van der Waals surface area (Å²) in [5, 5.41) is 0. The lowest BCUT2D eigenvalue weighted by Gasteiger charge is -2.24. The molecule has 0 saturated carbocycles. The van der Waals surface area contributed by atoms with Crippen molar-refractivity contribution in [2.24, 2.45) is 10.9 Å². The normalized spacial score (nSPS) is 13.1. The molecule has 0 aliphatic carbocycles. The van der Waals surface area contributed by atoms with E-state index in [1.165, 1.54) is 7.11 Å². The van der Waals surface area contributed by atoms with Gasteiger partial charge in [0.25, 0.3) is 0 Å². The van der Waals surface area contributed by atoms with Gasteiger partial charge in [0.2, 0.25) is 0 Å². The average molecular weight is 410 g/mol. The van der Waals surface area contributed by atoms with Crippen LogP contribution in [0.4, 0.5) is 0 Å². The van der Waals surface area contributed by atoms with Crippen molar-refractivity contribution in [2.45, 2.75) is 52.2 Å². The summed E-state index contributed by atoms with van der Waals surface area (Å²) in [5.41, 5.74) is 1.82. The van der Waals surface area contributed by atoms with E-state index in [4.69, 9.17) is 14.5 Å². The minimum Gasteiger partial charge on any atom is -0.469 e. The van der Waals surface area contributed by atoms with E-state index in [0.717, 1.165) is 11.1 Å². The molecule has 160 valence electrons. The molecule has 0 N–H and O–H groups in total. The molecule has 0 heterocycles. The van der Waals surface area contributed by atoms with Gasteiger partial charge < -0.3 is 9.47 Å². The summed E-state index contributed by atoms with van der Waals surface area (Å²) in [6.45, 7) is 7.35. The number of rotatable bonds is 8. The fraction of sp³-hybridized carbons (Fsp3) is 0.400. The van der Waals surface area contributed by atoms with Crippen LogP contribution in [-0.4, -0.2) is 36.4 Å². The van der Waals surface area contributed by atoms with Crippen LogP contribution in [0.15, 0.2) is 65.7 Å². The number of ether oxygens (including phenoxy) is 2. The minimum atomic E-state index is -0.830. The van der Waals surface area contributed by atoms with Gasteiger partial charge >= 0.3 is 11.9 Å². The van der Waals surface area contributed by atoms with E-state index in [0.29, 0.717) is 12.1 Å². The summed E-state index contributed by atoms with van der Waals surface area (Å²) < 4.78 is 10.6. The van der Waals surface area contributed by atoms with Crippen LogP contribution < -0.4 is 0 Å². The third-order valence-corrected chi connectivity index (χ3v) is 4.59. The molecule has 5 nitrogen and oxygen atoms in total. The predicted octanol–water partition coefficient (Wildman–Crippen LogP) is 4.82. The fourth-order valence-electron chi connectivity index (χ4n) is 3.10. The van der Waals surface area contributed by atoms with E-state index >= 15 is 0 Å². The van der Waals surface area contributed by atoms with Crippen molar-refractivity contribution in [1.29, 1.82) is 0 Å². The van der Waals surface area contributed by atoms with E-state index in [2.05, 4.69) is 0 Å². The van der Waals surface area contributed by atoms with E-state index in [-0.39, 0.29) is 12.4 Å². The Morgan fingerprint density at radius 3 is 1.80 bits per heavy atom. The molecule has 0 saturated heterocycles. The molecule has 0 fully saturated rings. The van der Waals surface area contributed by atoms with E-state index in [9.17, 15) is 9.59 Å². The van der Waals surface area contributed by atoms with Crippen LogP contribution in [0.1, 0.15) is 51.7 Å². The Bertz CT molecular complexity index is 812. The highest BCUT2D eigenvalue weighted by atomic mass is 16.6. The number of hydrogen-bond donors (Lipinski definition) is 0. The Labute approximate surface area is 179 Å². The Morgan fingerprint density at radius 1 is 0.900 bits per heavy atom. The van der Waals surface area contributed by atoms with Crippen molar-refractivity contribution >= 4 is 17.7 Å². The van der Waals surface area contributed by atoms with Gasteiger partial charge in [-0.05, 0) is 33.6 Å². The molecule has 0 amide bonds. The summed E-state index contributed by atoms with van der Waals surface area (Å²) in [7, 11) is 1.36. The maximum atomic E-state index is 13.0. The second-order valence-corrected chi connectivity index (χ2v) is 8.12. The van der Waals surface area contributed by atoms with Gasteiger partial charge in [-0.15, -0.1) is 0 Å². The van der Waals surface area contributed by atoms with Gasteiger partial charge in [-0.1, -0.05) is 67.6 Å². The van der Waals surface area contributed by atoms with Crippen molar-refractivity contribution in [2.75, 3.05) is 7.11 Å². The van der Waals surface area contributed by atoms with Gasteiger partial charge in [0, 0.05) is 11.1 Å². The lowest BCUT2D eigenvalue weighted by molar-refractivity contribution is -0.157. The standard InChI is InChI=1S/C25H31NO4/c1-6-18(23(27)29-5)17-21(24(28)30-25(2,3)4)26-22(19-13-9-7-10-14-19)20-15-11-8-12-16-20/h7-16,18,21H,6,17H2,1-5H3/t18-,21-/m1/s1. The van der Waals surface area contributed by atoms with Crippen LogP contribution in [-0.2, 0) is 19.1 Å². The Hall–Kier alpha value is -2.95. The predicted molar refractivity (Wildman–Crippen MR) is 119 cm³/mol. The highest BCUT2D eigenvalue weighted by molar-refractivity contribution is 6.13. The molecule has 0 aliphatic heterocycles. The van der Waals surface area contributed by atoms with Crippen molar-refractivity contribution < 1.29 is 19.1 Å². The van der Waals surface area contributed by atoms with Gasteiger partial charge in [-0.2, -0.15) is 0 Å². The molecule has 5 heteroatoms. The summed E-state index contributed by atoms with van der Waals surface area (Å²) in [6.07, 6.45) is 0.773. The van der Waals surface area contributed by atoms with E-state index in [1.54, 1.807) is 0 Å². The molecular weight excluding hydrogens is 378 g/mol. The van der Waals surface area contributed by atoms with Crippen LogP contribution in [0.3, 0.4) is 0 Å². The number of benzene rings is 2. The molecule has 0 aliphatic rings. The number of hydrogen-bond acceptors (Lipinski definition) is 5. The van der Waals surface area contributed by atoms with Crippen molar-refractivity contribution in [3.8, 4) is 0 Å². The zero-order valence-electron chi connectivity index (χ0n) is 18.4. The lowest BCUT2D eigenvalue weighted by atomic mass is 9.96. The van der Waals surface area contributed by atoms with Crippen molar-refractivity contribution in [1.82, 2.24) is 0 Å². The molecule has 0 spiro atoms. The summed E-state index contributed by atoms with van der Waals surface area (Å²) in [5.74, 6) is -1.24. The smallest absolute Gasteiger partial charge is 0.331 e. The van der Waals surface area contributed by atoms with Crippen LogP contribution in [0, 0.1) is 5.92 Å². The third kappa shape index (κ3) is 6.83. The highest BCUT2D eigenvalue weighted by Gasteiger charge is 2.31. The number of aliphatic imine (C=N–C) groups is 1. The van der Waals surface area contributed by atoms with E-state index in [1.807, 2.05) is 88.4 Å². The number of nitrogens with zero attached hydrogens (tertiary/aromatic N) is 1.